The number of amidine groups is 1. The van der Waals surface area contributed by atoms with Crippen molar-refractivity contribution >= 4 is 28.9 Å². The van der Waals surface area contributed by atoms with Gasteiger partial charge in [0.25, 0.3) is 0 Å². The molecule has 0 saturated heterocycles. The zero-order chi connectivity index (χ0) is 20.6. The van der Waals surface area contributed by atoms with Gasteiger partial charge in [-0.05, 0) is 20.2 Å². The number of rotatable bonds is 6. The Morgan fingerprint density at radius 2 is 1.86 bits per heavy atom. The van der Waals surface area contributed by atoms with Crippen LogP contribution in [0.2, 0.25) is 0 Å². The molecular weight excluding hydrogens is 366 g/mol. The first-order valence-corrected chi connectivity index (χ1v) is 9.41. The van der Waals surface area contributed by atoms with Crippen molar-refractivity contribution in [2.75, 3.05) is 34.3 Å². The third-order valence-electron chi connectivity index (χ3n) is 4.39. The normalized spacial score (nSPS) is 13.9. The zero-order valence-corrected chi connectivity index (χ0v) is 16.9. The Balaban J connectivity index is 1.88. The highest BCUT2D eigenvalue weighted by Crippen LogP contribution is 2.24. The third kappa shape index (κ3) is 5.36. The molecule has 0 aromatic heterocycles. The van der Waals surface area contributed by atoms with E-state index in [1.54, 1.807) is 0 Å². The summed E-state index contributed by atoms with van der Waals surface area (Å²) in [4.78, 5) is 23.5. The summed E-state index contributed by atoms with van der Waals surface area (Å²) in [6.45, 7) is 1.01. The van der Waals surface area contributed by atoms with Crippen LogP contribution >= 0.6 is 0 Å². The molecule has 0 unspecified atom stereocenters. The molecule has 0 bridgehead atoms. The van der Waals surface area contributed by atoms with Crippen molar-refractivity contribution in [1.29, 1.82) is 0 Å². The van der Waals surface area contributed by atoms with Crippen molar-refractivity contribution in [1.82, 2.24) is 10.3 Å². The first-order chi connectivity index (χ1) is 14.1. The van der Waals surface area contributed by atoms with Crippen LogP contribution in [0.4, 0.5) is 5.69 Å². The predicted octanol–water partition coefficient (Wildman–Crippen LogP) is 2.64. The summed E-state index contributed by atoms with van der Waals surface area (Å²) in [5, 5.41) is 4.27. The van der Waals surface area contributed by atoms with Gasteiger partial charge in [-0.2, -0.15) is 5.10 Å². The molecule has 1 N–H and O–H groups in total. The minimum atomic E-state index is -0.456. The van der Waals surface area contributed by atoms with Crippen molar-refractivity contribution in [3.8, 4) is 0 Å². The van der Waals surface area contributed by atoms with E-state index in [-0.39, 0.29) is 0 Å². The number of methoxy groups -OCH3 is 1. The monoisotopic (exact) mass is 391 g/mol. The van der Waals surface area contributed by atoms with Gasteiger partial charge in [0.1, 0.15) is 11.5 Å². The molecule has 0 fully saturated rings. The second-order valence-electron chi connectivity index (χ2n) is 6.82. The molecular formula is C22H25N5O2. The van der Waals surface area contributed by atoms with E-state index in [2.05, 4.69) is 15.5 Å². The van der Waals surface area contributed by atoms with E-state index < -0.39 is 5.97 Å². The smallest absolute Gasteiger partial charge is 0.354 e. The molecule has 0 amide bonds. The molecule has 2 aromatic carbocycles. The number of aliphatic imine (C=N–C) groups is 2. The van der Waals surface area contributed by atoms with E-state index in [9.17, 15) is 4.79 Å². The summed E-state index contributed by atoms with van der Waals surface area (Å²) in [7, 11) is 5.23. The lowest BCUT2D eigenvalue weighted by Gasteiger charge is -2.10. The van der Waals surface area contributed by atoms with Crippen LogP contribution in [0, 0.1) is 0 Å². The van der Waals surface area contributed by atoms with Crippen LogP contribution < -0.4 is 5.43 Å². The summed E-state index contributed by atoms with van der Waals surface area (Å²) in [6.07, 6.45) is 0.467. The Morgan fingerprint density at radius 1 is 1.14 bits per heavy atom. The van der Waals surface area contributed by atoms with E-state index in [0.29, 0.717) is 31.1 Å². The minimum absolute atomic E-state index is 0.314. The summed E-state index contributed by atoms with van der Waals surface area (Å²) in [5.41, 5.74) is 6.91. The highest BCUT2D eigenvalue weighted by atomic mass is 16.5. The first kappa shape index (κ1) is 20.4. The van der Waals surface area contributed by atoms with E-state index in [1.807, 2.05) is 73.6 Å². The van der Waals surface area contributed by atoms with E-state index in [4.69, 9.17) is 9.73 Å². The maximum Gasteiger partial charge on any atom is 0.354 e. The fraction of sp³-hybridized carbons (Fsp3) is 0.273. The number of hydrogen-bond acceptors (Lipinski definition) is 7. The lowest BCUT2D eigenvalue weighted by Crippen LogP contribution is -2.28. The van der Waals surface area contributed by atoms with Crippen LogP contribution in [0.3, 0.4) is 0 Å². The summed E-state index contributed by atoms with van der Waals surface area (Å²) < 4.78 is 4.84. The highest BCUT2D eigenvalue weighted by molar-refractivity contribution is 6.36. The average molecular weight is 391 g/mol. The maximum atomic E-state index is 12.0. The summed E-state index contributed by atoms with van der Waals surface area (Å²) in [6, 6.07) is 17.9. The first-order valence-electron chi connectivity index (χ1n) is 9.41. The number of ether oxygens (including phenoxy) is 1. The Kier molecular flexibility index (Phi) is 6.86. The molecule has 7 nitrogen and oxygen atoms in total. The SMILES string of the molecule is COC(=O)/C(CCN(C)C)=N\NC1=Nc2ccccc2C(c2ccccc2)=NC1. The number of benzene rings is 2. The number of fused-ring (bicyclic) bond motifs is 1. The van der Waals surface area contributed by atoms with E-state index >= 15 is 0 Å². The largest absolute Gasteiger partial charge is 0.464 e. The summed E-state index contributed by atoms with van der Waals surface area (Å²) in [5.74, 6) is 0.108. The number of carbonyl (C=O) groups excluding carboxylic acids is 1. The van der Waals surface area contributed by atoms with Crippen molar-refractivity contribution in [2.24, 2.45) is 15.1 Å². The second-order valence-corrected chi connectivity index (χ2v) is 6.82. The molecule has 2 aromatic rings. The number of para-hydroxylation sites is 1. The molecule has 0 atom stereocenters. The molecule has 0 radical (unpaired) electrons. The van der Waals surface area contributed by atoms with Crippen molar-refractivity contribution in [3.05, 3.63) is 65.7 Å². The Morgan fingerprint density at radius 3 is 2.59 bits per heavy atom. The van der Waals surface area contributed by atoms with Crippen LogP contribution in [0.15, 0.2) is 69.7 Å². The Labute approximate surface area is 170 Å². The average Bonchev–Trinajstić information content (AvgIpc) is 2.93. The lowest BCUT2D eigenvalue weighted by molar-refractivity contribution is -0.132. The van der Waals surface area contributed by atoms with Crippen LogP contribution in [0.25, 0.3) is 0 Å². The van der Waals surface area contributed by atoms with Gasteiger partial charge in [0.05, 0.1) is 25.1 Å². The third-order valence-corrected chi connectivity index (χ3v) is 4.39. The highest BCUT2D eigenvalue weighted by Gasteiger charge is 2.17. The Bertz CT molecular complexity index is 949. The molecule has 0 spiro atoms. The molecule has 0 aliphatic carbocycles. The molecule has 29 heavy (non-hydrogen) atoms. The molecule has 0 saturated carbocycles. The minimum Gasteiger partial charge on any atom is -0.464 e. The van der Waals surface area contributed by atoms with Gasteiger partial charge in [0.2, 0.25) is 0 Å². The van der Waals surface area contributed by atoms with Gasteiger partial charge in [-0.15, -0.1) is 0 Å². The van der Waals surface area contributed by atoms with Crippen molar-refractivity contribution in [3.63, 3.8) is 0 Å². The van der Waals surface area contributed by atoms with Crippen molar-refractivity contribution < 1.29 is 9.53 Å². The van der Waals surface area contributed by atoms with Gasteiger partial charge < -0.3 is 9.64 Å². The van der Waals surface area contributed by atoms with Crippen LogP contribution in [-0.2, 0) is 9.53 Å². The topological polar surface area (TPSA) is 78.6 Å². The number of nitrogens with one attached hydrogen (secondary N) is 1. The predicted molar refractivity (Wildman–Crippen MR) is 116 cm³/mol. The van der Waals surface area contributed by atoms with E-state index in [1.165, 1.54) is 7.11 Å². The van der Waals surface area contributed by atoms with Gasteiger partial charge in [-0.3, -0.25) is 10.4 Å². The number of hydrazone groups is 1. The zero-order valence-electron chi connectivity index (χ0n) is 16.9. The lowest BCUT2D eigenvalue weighted by atomic mass is 10.0. The molecule has 1 heterocycles. The molecule has 1 aliphatic rings. The van der Waals surface area contributed by atoms with Crippen LogP contribution in [-0.4, -0.2) is 62.4 Å². The standard InChI is InChI=1S/C22H25N5O2/c1-27(2)14-13-19(22(28)29-3)25-26-20-15-23-21(16-9-5-4-6-10-16)17-11-7-8-12-18(17)24-20/h4-12H,13-15H2,1-3H3,(H,24,26)/b25-19-. The number of esters is 1. The molecule has 150 valence electrons. The Hall–Kier alpha value is -3.32. The maximum absolute atomic E-state index is 12.0. The van der Waals surface area contributed by atoms with E-state index in [0.717, 1.165) is 22.5 Å². The number of carbonyl (C=O) groups is 1. The molecule has 1 aliphatic heterocycles. The second kappa shape index (κ2) is 9.75. The van der Waals surface area contributed by atoms with Gasteiger partial charge in [-0.1, -0.05) is 48.5 Å². The van der Waals surface area contributed by atoms with Gasteiger partial charge >= 0.3 is 5.97 Å². The van der Waals surface area contributed by atoms with Crippen molar-refractivity contribution in [2.45, 2.75) is 6.42 Å². The number of hydrogen-bond donors (Lipinski definition) is 1. The fourth-order valence-electron chi connectivity index (χ4n) is 2.88. The fourth-order valence-corrected chi connectivity index (χ4v) is 2.88. The quantitative estimate of drug-likeness (QED) is 0.466. The summed E-state index contributed by atoms with van der Waals surface area (Å²) >= 11 is 0. The molecule has 7 heteroatoms. The number of nitrogens with zero attached hydrogens (tertiary/aromatic N) is 4. The van der Waals surface area contributed by atoms with Crippen LogP contribution in [0.5, 0.6) is 0 Å². The van der Waals surface area contributed by atoms with Gasteiger partial charge in [-0.25, -0.2) is 9.79 Å². The molecule has 3 rings (SSSR count). The van der Waals surface area contributed by atoms with Gasteiger partial charge in [0, 0.05) is 24.1 Å². The van der Waals surface area contributed by atoms with Crippen LogP contribution in [0.1, 0.15) is 17.5 Å². The van der Waals surface area contributed by atoms with Gasteiger partial charge in [0.15, 0.2) is 0 Å².